The van der Waals surface area contributed by atoms with Gasteiger partial charge in [-0.05, 0) is 24.3 Å². The molecule has 136 valence electrons. The minimum absolute atomic E-state index is 0.0894. The Kier molecular flexibility index (Phi) is 2.60. The summed E-state index contributed by atoms with van der Waals surface area (Å²) in [6.07, 6.45) is 0. The van der Waals surface area contributed by atoms with Gasteiger partial charge in [0.05, 0.1) is 16.4 Å². The Morgan fingerprint density at radius 1 is 0.893 bits per heavy atom. The van der Waals surface area contributed by atoms with Gasteiger partial charge >= 0.3 is 0 Å². The van der Waals surface area contributed by atoms with E-state index in [1.54, 1.807) is 36.4 Å². The van der Waals surface area contributed by atoms with Gasteiger partial charge in [0.2, 0.25) is 0 Å². The number of nitrogens with zero attached hydrogens (tertiary/aromatic N) is 1. The summed E-state index contributed by atoms with van der Waals surface area (Å²) < 4.78 is 13.2. The maximum Gasteiger partial charge on any atom is 0.265 e. The van der Waals surface area contributed by atoms with Crippen LogP contribution in [0.25, 0.3) is 54.9 Å². The van der Waals surface area contributed by atoms with E-state index in [9.17, 15) is 14.7 Å². The van der Waals surface area contributed by atoms with Crippen molar-refractivity contribution < 1.29 is 13.9 Å². The number of aromatic hydroxyl groups is 1. The highest BCUT2D eigenvalue weighted by Crippen LogP contribution is 2.39. The van der Waals surface area contributed by atoms with Crippen LogP contribution in [-0.4, -0.2) is 14.7 Å². The number of aromatic amines is 1. The van der Waals surface area contributed by atoms with Crippen LogP contribution in [0.15, 0.2) is 60.9 Å². The highest BCUT2D eigenvalue weighted by molar-refractivity contribution is 6.29. The zero-order chi connectivity index (χ0) is 19.2. The van der Waals surface area contributed by atoms with E-state index in [1.165, 1.54) is 7.05 Å². The van der Waals surface area contributed by atoms with Crippen molar-refractivity contribution in [1.29, 1.82) is 0 Å². The highest BCUT2D eigenvalue weighted by Gasteiger charge is 2.24. The summed E-state index contributed by atoms with van der Waals surface area (Å²) in [6.45, 7) is 0. The normalized spacial score (nSPS) is 12.2. The average molecular weight is 372 g/mol. The molecule has 0 aliphatic heterocycles. The molecule has 0 radical (unpaired) electrons. The van der Waals surface area contributed by atoms with Crippen molar-refractivity contribution in [3.8, 4) is 5.75 Å². The van der Waals surface area contributed by atoms with Gasteiger partial charge in [-0.25, -0.2) is 0 Å². The van der Waals surface area contributed by atoms with Crippen molar-refractivity contribution in [3.05, 3.63) is 63.2 Å². The van der Waals surface area contributed by atoms with Crippen LogP contribution in [0, 0.1) is 0 Å². The summed E-state index contributed by atoms with van der Waals surface area (Å²) >= 11 is 0. The molecule has 0 bridgehead atoms. The Hall–Kier alpha value is -4.00. The molecule has 6 rings (SSSR count). The first-order valence-electron chi connectivity index (χ1n) is 8.66. The Morgan fingerprint density at radius 2 is 1.57 bits per heavy atom. The molecule has 0 saturated heterocycles. The molecule has 2 N–H and O–H groups in total. The number of fused-ring (bicyclic) bond motifs is 9. The fourth-order valence-corrected chi connectivity index (χ4v) is 3.96. The van der Waals surface area contributed by atoms with Gasteiger partial charge in [-0.1, -0.05) is 12.1 Å². The smallest absolute Gasteiger partial charge is 0.265 e. The largest absolute Gasteiger partial charge is 0.508 e. The number of phenolic OH excluding ortho intramolecular Hbond substituents is 1. The summed E-state index contributed by atoms with van der Waals surface area (Å²) in [5.74, 6) is 0.0894. The van der Waals surface area contributed by atoms with Crippen LogP contribution in [0.1, 0.15) is 0 Å². The molecule has 0 amide bonds. The first kappa shape index (κ1) is 15.1. The first-order chi connectivity index (χ1) is 13.5. The van der Waals surface area contributed by atoms with Gasteiger partial charge in [-0.3, -0.25) is 14.2 Å². The second-order valence-corrected chi connectivity index (χ2v) is 6.83. The first-order valence-corrected chi connectivity index (χ1v) is 8.66. The van der Waals surface area contributed by atoms with Crippen molar-refractivity contribution in [2.24, 2.45) is 7.05 Å². The standard InChI is InChI=1S/C21H12N2O5/c1-23-20(25)15-14-10-7-6-9(24)8-11(10)22-17(14)19-18(16(15)21(23)26)27-12-4-2-3-5-13(12)28-19/h2-8,22,24H,1H3. The van der Waals surface area contributed by atoms with Gasteiger partial charge in [0.15, 0.2) is 22.3 Å². The van der Waals surface area contributed by atoms with E-state index in [1.807, 2.05) is 6.07 Å². The van der Waals surface area contributed by atoms with Gasteiger partial charge in [-0.15, -0.1) is 0 Å². The third kappa shape index (κ3) is 1.68. The lowest BCUT2D eigenvalue weighted by Gasteiger charge is -2.04. The molecule has 0 atom stereocenters. The van der Waals surface area contributed by atoms with Crippen molar-refractivity contribution in [1.82, 2.24) is 9.55 Å². The maximum absolute atomic E-state index is 12.9. The predicted molar refractivity (Wildman–Crippen MR) is 106 cm³/mol. The number of para-hydroxylation sites is 2. The van der Waals surface area contributed by atoms with Crippen LogP contribution >= 0.6 is 0 Å². The molecular formula is C21H12N2O5. The zero-order valence-corrected chi connectivity index (χ0v) is 14.6. The fourth-order valence-electron chi connectivity index (χ4n) is 3.96. The monoisotopic (exact) mass is 372 g/mol. The van der Waals surface area contributed by atoms with Crippen molar-refractivity contribution in [2.45, 2.75) is 0 Å². The second-order valence-electron chi connectivity index (χ2n) is 6.83. The molecule has 3 aromatic heterocycles. The Morgan fingerprint density at radius 3 is 2.32 bits per heavy atom. The molecule has 0 aliphatic carbocycles. The molecule has 0 fully saturated rings. The van der Waals surface area contributed by atoms with E-state index in [0.717, 1.165) is 4.57 Å². The Labute approximate surface area is 155 Å². The van der Waals surface area contributed by atoms with Crippen LogP contribution in [0.4, 0.5) is 0 Å². The second kappa shape index (κ2) is 4.83. The molecule has 0 unspecified atom stereocenters. The molecule has 7 heteroatoms. The van der Waals surface area contributed by atoms with Crippen molar-refractivity contribution >= 4 is 54.9 Å². The zero-order valence-electron chi connectivity index (χ0n) is 14.6. The lowest BCUT2D eigenvalue weighted by atomic mass is 10.1. The van der Waals surface area contributed by atoms with Gasteiger partial charge < -0.3 is 18.9 Å². The fraction of sp³-hybridized carbons (Fsp3) is 0.0476. The molecule has 0 aliphatic rings. The number of H-pyrrole nitrogens is 1. The van der Waals surface area contributed by atoms with Crippen LogP contribution in [0.2, 0.25) is 0 Å². The number of rotatable bonds is 0. The van der Waals surface area contributed by atoms with Gasteiger partial charge in [-0.2, -0.15) is 0 Å². The van der Waals surface area contributed by atoms with Gasteiger partial charge in [0, 0.05) is 23.9 Å². The number of hydrogen-bond acceptors (Lipinski definition) is 5. The van der Waals surface area contributed by atoms with E-state index in [0.29, 0.717) is 38.6 Å². The average Bonchev–Trinajstić information content (AvgIpc) is 3.17. The van der Waals surface area contributed by atoms with E-state index < -0.39 is 11.1 Å². The minimum atomic E-state index is -0.436. The van der Waals surface area contributed by atoms with E-state index in [4.69, 9.17) is 8.83 Å². The Balaban J connectivity index is 2.06. The quantitative estimate of drug-likeness (QED) is 0.396. The molecule has 6 aromatic rings. The molecule has 28 heavy (non-hydrogen) atoms. The summed E-state index contributed by atoms with van der Waals surface area (Å²) in [5, 5.41) is 11.6. The molecule has 3 heterocycles. The summed E-state index contributed by atoms with van der Waals surface area (Å²) in [7, 11) is 1.45. The van der Waals surface area contributed by atoms with Crippen LogP contribution < -0.4 is 11.1 Å². The number of benzene rings is 3. The number of aromatic nitrogens is 2. The molecule has 0 saturated carbocycles. The predicted octanol–water partition coefficient (Wildman–Crippen LogP) is 3.73. The van der Waals surface area contributed by atoms with Gasteiger partial charge in [0.1, 0.15) is 11.1 Å². The Bertz CT molecular complexity index is 1730. The summed E-state index contributed by atoms with van der Waals surface area (Å²) in [4.78, 5) is 29.0. The van der Waals surface area contributed by atoms with Crippen molar-refractivity contribution in [2.75, 3.05) is 0 Å². The van der Waals surface area contributed by atoms with E-state index in [-0.39, 0.29) is 22.1 Å². The highest BCUT2D eigenvalue weighted by atomic mass is 16.4. The topological polar surface area (TPSA) is 101 Å². The third-order valence-corrected chi connectivity index (χ3v) is 5.25. The number of hydrogen-bond donors (Lipinski definition) is 2. The number of phenols is 1. The van der Waals surface area contributed by atoms with Crippen molar-refractivity contribution in [3.63, 3.8) is 0 Å². The molecule has 7 nitrogen and oxygen atoms in total. The lowest BCUT2D eigenvalue weighted by Crippen LogP contribution is -2.21. The van der Waals surface area contributed by atoms with Crippen LogP contribution in [-0.2, 0) is 7.05 Å². The SMILES string of the molecule is Cn1c(=O)c2c3oc4ccccc4oc3c3[nH]c4cc(O)ccc4c3c2c1=O. The van der Waals surface area contributed by atoms with Crippen LogP contribution in [0.5, 0.6) is 5.75 Å². The van der Waals surface area contributed by atoms with Gasteiger partial charge in [0.25, 0.3) is 11.1 Å². The molecular weight excluding hydrogens is 360 g/mol. The van der Waals surface area contributed by atoms with E-state index >= 15 is 0 Å². The van der Waals surface area contributed by atoms with Crippen LogP contribution in [0.3, 0.4) is 0 Å². The number of nitrogens with one attached hydrogen (secondary N) is 1. The lowest BCUT2D eigenvalue weighted by molar-refractivity contribution is 0.476. The summed E-state index contributed by atoms with van der Waals surface area (Å²) in [6, 6.07) is 12.0. The summed E-state index contributed by atoms with van der Waals surface area (Å²) in [5.41, 5.74) is 1.89. The minimum Gasteiger partial charge on any atom is -0.508 e. The maximum atomic E-state index is 12.9. The molecule has 0 spiro atoms. The molecule has 3 aromatic carbocycles. The van der Waals surface area contributed by atoms with E-state index in [2.05, 4.69) is 4.98 Å². The third-order valence-electron chi connectivity index (χ3n) is 5.25.